The summed E-state index contributed by atoms with van der Waals surface area (Å²) >= 11 is 3.62. The molecule has 0 radical (unpaired) electrons. The molecule has 1 aliphatic rings. The third-order valence-corrected chi connectivity index (χ3v) is 4.38. The van der Waals surface area contributed by atoms with Crippen LogP contribution in [0.25, 0.3) is 0 Å². The minimum Gasteiger partial charge on any atom is -0.493 e. The van der Waals surface area contributed by atoms with E-state index in [0.717, 1.165) is 41.9 Å². The Balaban J connectivity index is 1.97. The van der Waals surface area contributed by atoms with Crippen LogP contribution in [0, 0.1) is 0 Å². The van der Waals surface area contributed by atoms with Crippen LogP contribution in [-0.2, 0) is 6.42 Å². The van der Waals surface area contributed by atoms with Gasteiger partial charge >= 0.3 is 0 Å². The number of halogens is 1. The van der Waals surface area contributed by atoms with Gasteiger partial charge in [-0.25, -0.2) is 0 Å². The molecule has 4 heteroatoms. The van der Waals surface area contributed by atoms with Gasteiger partial charge < -0.3 is 10.1 Å². The van der Waals surface area contributed by atoms with Crippen molar-refractivity contribution < 1.29 is 4.74 Å². The summed E-state index contributed by atoms with van der Waals surface area (Å²) in [6.07, 6.45) is 3.93. The fraction of sp³-hybridized carbons (Fsp3) is 0.353. The molecule has 3 rings (SSSR count). The number of nitrogens with one attached hydrogen (secondary N) is 1. The zero-order chi connectivity index (χ0) is 14.7. The Morgan fingerprint density at radius 2 is 2.29 bits per heavy atom. The molecule has 1 aliphatic heterocycles. The van der Waals surface area contributed by atoms with E-state index >= 15 is 0 Å². The molecular formula is C17H19BrN2O. The van der Waals surface area contributed by atoms with Crippen LogP contribution >= 0.6 is 15.9 Å². The highest BCUT2D eigenvalue weighted by Crippen LogP contribution is 2.32. The Labute approximate surface area is 133 Å². The average molecular weight is 347 g/mol. The molecule has 0 fully saturated rings. The topological polar surface area (TPSA) is 34.1 Å². The van der Waals surface area contributed by atoms with E-state index in [-0.39, 0.29) is 6.04 Å². The van der Waals surface area contributed by atoms with Gasteiger partial charge in [-0.3, -0.25) is 4.98 Å². The Bertz CT molecular complexity index is 630. The smallest absolute Gasteiger partial charge is 0.122 e. The van der Waals surface area contributed by atoms with E-state index in [1.54, 1.807) is 0 Å². The third-order valence-electron chi connectivity index (χ3n) is 3.71. The maximum absolute atomic E-state index is 5.60. The third kappa shape index (κ3) is 3.11. The van der Waals surface area contributed by atoms with Crippen LogP contribution in [0.5, 0.6) is 5.75 Å². The number of aromatic nitrogens is 1. The Morgan fingerprint density at radius 3 is 3.10 bits per heavy atom. The highest BCUT2D eigenvalue weighted by Gasteiger charge is 2.20. The van der Waals surface area contributed by atoms with Crippen LogP contribution < -0.4 is 10.1 Å². The number of fused-ring (bicyclic) bond motifs is 1. The number of pyridine rings is 1. The van der Waals surface area contributed by atoms with E-state index < -0.39 is 0 Å². The summed E-state index contributed by atoms with van der Waals surface area (Å²) in [5.41, 5.74) is 3.57. The molecular weight excluding hydrogens is 328 g/mol. The van der Waals surface area contributed by atoms with Gasteiger partial charge in [0.15, 0.2) is 0 Å². The maximum atomic E-state index is 5.60. The minimum atomic E-state index is 0.103. The van der Waals surface area contributed by atoms with Crippen LogP contribution in [0.15, 0.2) is 41.0 Å². The lowest BCUT2D eigenvalue weighted by Gasteiger charge is -2.20. The fourth-order valence-electron chi connectivity index (χ4n) is 2.66. The Kier molecular flexibility index (Phi) is 4.56. The van der Waals surface area contributed by atoms with E-state index in [4.69, 9.17) is 4.74 Å². The quantitative estimate of drug-likeness (QED) is 0.892. The molecule has 110 valence electrons. The van der Waals surface area contributed by atoms with Crippen molar-refractivity contribution in [2.24, 2.45) is 0 Å². The predicted octanol–water partition coefficient (Wildman–Crippen LogP) is 3.87. The van der Waals surface area contributed by atoms with Gasteiger partial charge in [0.25, 0.3) is 0 Å². The van der Waals surface area contributed by atoms with Crippen molar-refractivity contribution in [3.05, 3.63) is 57.8 Å². The monoisotopic (exact) mass is 346 g/mol. The molecule has 1 aromatic carbocycles. The van der Waals surface area contributed by atoms with Gasteiger partial charge in [0, 0.05) is 17.1 Å². The molecule has 1 atom stereocenters. The number of benzene rings is 1. The summed E-state index contributed by atoms with van der Waals surface area (Å²) < 4.78 is 6.64. The zero-order valence-corrected chi connectivity index (χ0v) is 13.7. The first-order valence-corrected chi connectivity index (χ1v) is 8.18. The molecule has 2 aromatic rings. The van der Waals surface area contributed by atoms with Crippen LogP contribution in [0.3, 0.4) is 0 Å². The number of hydrogen-bond acceptors (Lipinski definition) is 3. The molecule has 1 unspecified atom stereocenters. The summed E-state index contributed by atoms with van der Waals surface area (Å²) in [5.74, 6) is 1.02. The van der Waals surface area contributed by atoms with Crippen molar-refractivity contribution in [3.63, 3.8) is 0 Å². The van der Waals surface area contributed by atoms with Gasteiger partial charge in [0.05, 0.1) is 18.3 Å². The van der Waals surface area contributed by atoms with Gasteiger partial charge in [-0.1, -0.05) is 19.1 Å². The normalized spacial score (nSPS) is 14.6. The summed E-state index contributed by atoms with van der Waals surface area (Å²) in [4.78, 5) is 4.56. The van der Waals surface area contributed by atoms with Gasteiger partial charge in [-0.15, -0.1) is 0 Å². The van der Waals surface area contributed by atoms with E-state index in [1.165, 1.54) is 11.1 Å². The summed E-state index contributed by atoms with van der Waals surface area (Å²) in [6, 6.07) is 10.6. The molecule has 1 aromatic heterocycles. The number of rotatable bonds is 5. The number of nitrogens with zero attached hydrogens (tertiary/aromatic N) is 1. The second kappa shape index (κ2) is 6.58. The van der Waals surface area contributed by atoms with Crippen LogP contribution in [0.2, 0.25) is 0 Å². The lowest BCUT2D eigenvalue weighted by Crippen LogP contribution is -2.24. The molecule has 21 heavy (non-hydrogen) atoms. The molecule has 0 spiro atoms. The van der Waals surface area contributed by atoms with E-state index in [2.05, 4.69) is 51.4 Å². The van der Waals surface area contributed by atoms with Crippen LogP contribution in [0.4, 0.5) is 0 Å². The standard InChI is InChI=1S/C17H19BrN2O/c1-2-8-19-16(17-14(18)4-3-9-20-17)13-5-6-15-12(11-13)7-10-21-15/h3-6,9,11,16,19H,2,7-8,10H2,1H3. The average Bonchev–Trinajstić information content (AvgIpc) is 2.97. The lowest BCUT2D eigenvalue weighted by molar-refractivity contribution is 0.357. The van der Waals surface area contributed by atoms with Crippen molar-refractivity contribution in [2.45, 2.75) is 25.8 Å². The van der Waals surface area contributed by atoms with Crippen LogP contribution in [-0.4, -0.2) is 18.1 Å². The van der Waals surface area contributed by atoms with Gasteiger partial charge in [0.2, 0.25) is 0 Å². The number of hydrogen-bond donors (Lipinski definition) is 1. The summed E-state index contributed by atoms with van der Waals surface area (Å²) in [7, 11) is 0. The zero-order valence-electron chi connectivity index (χ0n) is 12.1. The molecule has 0 saturated carbocycles. The molecule has 0 saturated heterocycles. The largest absolute Gasteiger partial charge is 0.493 e. The predicted molar refractivity (Wildman–Crippen MR) is 87.7 cm³/mol. The molecule has 0 aliphatic carbocycles. The van der Waals surface area contributed by atoms with Gasteiger partial charge in [-0.05, 0) is 58.2 Å². The first kappa shape index (κ1) is 14.5. The maximum Gasteiger partial charge on any atom is 0.122 e. The van der Waals surface area contributed by atoms with Gasteiger partial charge in [0.1, 0.15) is 5.75 Å². The summed E-state index contributed by atoms with van der Waals surface area (Å²) in [6.45, 7) is 3.93. The Morgan fingerprint density at radius 1 is 1.38 bits per heavy atom. The highest BCUT2D eigenvalue weighted by molar-refractivity contribution is 9.10. The second-order valence-electron chi connectivity index (χ2n) is 5.22. The summed E-state index contributed by atoms with van der Waals surface area (Å²) in [5, 5.41) is 3.60. The number of ether oxygens (including phenoxy) is 1. The van der Waals surface area contributed by atoms with Crippen molar-refractivity contribution in [1.82, 2.24) is 10.3 Å². The lowest BCUT2D eigenvalue weighted by atomic mass is 9.99. The van der Waals surface area contributed by atoms with E-state index in [9.17, 15) is 0 Å². The molecule has 0 amide bonds. The van der Waals surface area contributed by atoms with Crippen LogP contribution in [0.1, 0.15) is 36.2 Å². The van der Waals surface area contributed by atoms with Crippen molar-refractivity contribution in [2.75, 3.05) is 13.2 Å². The molecule has 1 N–H and O–H groups in total. The first-order chi connectivity index (χ1) is 10.3. The highest BCUT2D eigenvalue weighted by atomic mass is 79.9. The van der Waals surface area contributed by atoms with E-state index in [0.29, 0.717) is 0 Å². The minimum absolute atomic E-state index is 0.103. The second-order valence-corrected chi connectivity index (χ2v) is 6.08. The molecule has 3 nitrogen and oxygen atoms in total. The van der Waals surface area contributed by atoms with E-state index in [1.807, 2.05) is 18.3 Å². The Hall–Kier alpha value is -1.39. The van der Waals surface area contributed by atoms with Gasteiger partial charge in [-0.2, -0.15) is 0 Å². The molecule has 2 heterocycles. The van der Waals surface area contributed by atoms with Crippen molar-refractivity contribution in [3.8, 4) is 5.75 Å². The molecule has 0 bridgehead atoms. The van der Waals surface area contributed by atoms with Crippen molar-refractivity contribution in [1.29, 1.82) is 0 Å². The SMILES string of the molecule is CCCNC(c1ccc2c(c1)CCO2)c1ncccc1Br. The first-order valence-electron chi connectivity index (χ1n) is 7.39. The fourth-order valence-corrected chi connectivity index (χ4v) is 3.14. The van der Waals surface area contributed by atoms with Crippen molar-refractivity contribution >= 4 is 15.9 Å².